The molecule has 0 radical (unpaired) electrons. The summed E-state index contributed by atoms with van der Waals surface area (Å²) in [7, 11) is -4.11. The third-order valence-corrected chi connectivity index (χ3v) is 3.41. The molecule has 1 heterocycles. The van der Waals surface area contributed by atoms with Crippen LogP contribution in [0.15, 0.2) is 41.6 Å². The number of carbonyl (C=O) groups excluding carboxylic acids is 1. The summed E-state index contributed by atoms with van der Waals surface area (Å²) in [5.41, 5.74) is 0.909. The van der Waals surface area contributed by atoms with E-state index in [9.17, 15) is 13.2 Å². The molecule has 1 N–H and O–H groups in total. The van der Waals surface area contributed by atoms with Crippen LogP contribution < -0.4 is 0 Å². The highest BCUT2D eigenvalue weighted by atomic mass is 32.2. The van der Waals surface area contributed by atoms with E-state index in [-0.39, 0.29) is 10.7 Å². The lowest BCUT2D eigenvalue weighted by atomic mass is 10.2. The van der Waals surface area contributed by atoms with Gasteiger partial charge in [0.25, 0.3) is 0 Å². The first kappa shape index (κ1) is 12.3. The van der Waals surface area contributed by atoms with Gasteiger partial charge in [0, 0.05) is 12.4 Å². The predicted octanol–water partition coefficient (Wildman–Crippen LogP) is 1.26. The SMILES string of the molecule is Cc1ccc(S(=O)(=O)OC(=O)c2ncc[nH]2)cc1. The third kappa shape index (κ3) is 2.57. The van der Waals surface area contributed by atoms with Crippen LogP contribution in [0.4, 0.5) is 0 Å². The van der Waals surface area contributed by atoms with Crippen LogP contribution in [0.3, 0.4) is 0 Å². The minimum atomic E-state index is -4.11. The van der Waals surface area contributed by atoms with E-state index in [1.54, 1.807) is 12.1 Å². The number of aromatic amines is 1. The number of H-pyrrole nitrogens is 1. The molecule has 94 valence electrons. The second-order valence-corrected chi connectivity index (χ2v) is 5.12. The van der Waals surface area contributed by atoms with E-state index in [1.165, 1.54) is 24.5 Å². The molecule has 0 spiro atoms. The van der Waals surface area contributed by atoms with Crippen molar-refractivity contribution in [1.82, 2.24) is 9.97 Å². The van der Waals surface area contributed by atoms with Crippen molar-refractivity contribution in [2.45, 2.75) is 11.8 Å². The van der Waals surface area contributed by atoms with Gasteiger partial charge >= 0.3 is 16.1 Å². The Hall–Kier alpha value is -2.15. The van der Waals surface area contributed by atoms with Crippen molar-refractivity contribution in [3.63, 3.8) is 0 Å². The minimum Gasteiger partial charge on any atom is -0.339 e. The van der Waals surface area contributed by atoms with Gasteiger partial charge in [0.1, 0.15) is 4.90 Å². The van der Waals surface area contributed by atoms with Crippen molar-refractivity contribution < 1.29 is 17.4 Å². The number of carbonyl (C=O) groups is 1. The molecule has 1 aromatic carbocycles. The predicted molar refractivity (Wildman–Crippen MR) is 62.4 cm³/mol. The highest BCUT2D eigenvalue weighted by molar-refractivity contribution is 7.87. The third-order valence-electron chi connectivity index (χ3n) is 2.19. The van der Waals surface area contributed by atoms with Crippen molar-refractivity contribution in [2.75, 3.05) is 0 Å². The van der Waals surface area contributed by atoms with Crippen molar-refractivity contribution in [1.29, 1.82) is 0 Å². The fourth-order valence-corrected chi connectivity index (χ4v) is 2.11. The highest BCUT2D eigenvalue weighted by Crippen LogP contribution is 2.14. The van der Waals surface area contributed by atoms with Gasteiger partial charge in [-0.15, -0.1) is 0 Å². The molecule has 0 saturated heterocycles. The standard InChI is InChI=1S/C11H10N2O4S/c1-8-2-4-9(5-3-8)18(15,16)17-11(14)10-12-6-7-13-10/h2-7H,1H3,(H,12,13). The quantitative estimate of drug-likeness (QED) is 0.845. The molecule has 0 aliphatic heterocycles. The molecular formula is C11H10N2O4S. The molecule has 0 fully saturated rings. The van der Waals surface area contributed by atoms with E-state index >= 15 is 0 Å². The van der Waals surface area contributed by atoms with E-state index in [1.807, 2.05) is 6.92 Å². The maximum atomic E-state index is 11.8. The molecule has 7 heteroatoms. The van der Waals surface area contributed by atoms with Crippen LogP contribution in [0.1, 0.15) is 16.2 Å². The summed E-state index contributed by atoms with van der Waals surface area (Å²) in [6.07, 6.45) is 2.73. The molecule has 0 aliphatic carbocycles. The molecule has 2 rings (SSSR count). The zero-order chi connectivity index (χ0) is 13.2. The molecule has 0 atom stereocenters. The fourth-order valence-electron chi connectivity index (χ4n) is 1.27. The number of aryl methyl sites for hydroxylation is 1. The smallest absolute Gasteiger partial charge is 0.339 e. The largest absolute Gasteiger partial charge is 0.390 e. The lowest BCUT2D eigenvalue weighted by Gasteiger charge is -2.04. The van der Waals surface area contributed by atoms with E-state index in [4.69, 9.17) is 0 Å². The topological polar surface area (TPSA) is 89.1 Å². The lowest BCUT2D eigenvalue weighted by Crippen LogP contribution is -2.14. The molecule has 1 aromatic heterocycles. The zero-order valence-corrected chi connectivity index (χ0v) is 10.3. The molecule has 0 aliphatic rings. The average Bonchev–Trinajstić information content (AvgIpc) is 2.82. The maximum Gasteiger partial charge on any atom is 0.390 e. The molecule has 0 unspecified atom stereocenters. The Labute approximate surface area is 104 Å². The van der Waals surface area contributed by atoms with Crippen LogP contribution in [-0.2, 0) is 14.3 Å². The molecule has 0 saturated carbocycles. The first-order chi connectivity index (χ1) is 8.49. The Bertz CT molecular complexity index is 645. The Balaban J connectivity index is 2.22. The summed E-state index contributed by atoms with van der Waals surface area (Å²) in [6, 6.07) is 5.99. The number of rotatable bonds is 3. The Kier molecular flexibility index (Phi) is 3.15. The second kappa shape index (κ2) is 4.61. The molecule has 6 nitrogen and oxygen atoms in total. The first-order valence-electron chi connectivity index (χ1n) is 5.04. The van der Waals surface area contributed by atoms with Crippen LogP contribution in [0.25, 0.3) is 0 Å². The molecular weight excluding hydrogens is 256 g/mol. The van der Waals surface area contributed by atoms with Gasteiger partial charge in [-0.05, 0) is 19.1 Å². The minimum absolute atomic E-state index is 0.0759. The van der Waals surface area contributed by atoms with Gasteiger partial charge in [0.15, 0.2) is 0 Å². The number of hydrogen-bond donors (Lipinski definition) is 1. The van der Waals surface area contributed by atoms with Crippen molar-refractivity contribution in [3.05, 3.63) is 48.0 Å². The van der Waals surface area contributed by atoms with Crippen molar-refractivity contribution in [2.24, 2.45) is 0 Å². The summed E-state index contributed by atoms with van der Waals surface area (Å²) in [4.78, 5) is 17.5. The van der Waals surface area contributed by atoms with Crippen molar-refractivity contribution >= 4 is 16.1 Å². The first-order valence-corrected chi connectivity index (χ1v) is 6.45. The van der Waals surface area contributed by atoms with E-state index < -0.39 is 16.1 Å². The number of benzene rings is 1. The molecule has 0 amide bonds. The maximum absolute atomic E-state index is 11.8. The summed E-state index contributed by atoms with van der Waals surface area (Å²) < 4.78 is 28.0. The average molecular weight is 266 g/mol. The summed E-state index contributed by atoms with van der Waals surface area (Å²) in [5.74, 6) is -1.20. The van der Waals surface area contributed by atoms with E-state index in [0.717, 1.165) is 5.56 Å². The Morgan fingerprint density at radius 1 is 1.28 bits per heavy atom. The number of nitrogens with one attached hydrogen (secondary N) is 1. The van der Waals surface area contributed by atoms with Gasteiger partial charge < -0.3 is 9.17 Å². The van der Waals surface area contributed by atoms with E-state index in [2.05, 4.69) is 14.2 Å². The summed E-state index contributed by atoms with van der Waals surface area (Å²) in [5, 5.41) is 0. The normalized spacial score (nSPS) is 11.2. The van der Waals surface area contributed by atoms with Crippen LogP contribution in [-0.4, -0.2) is 24.4 Å². The van der Waals surface area contributed by atoms with Crippen LogP contribution in [0, 0.1) is 6.92 Å². The van der Waals surface area contributed by atoms with Gasteiger partial charge in [-0.1, -0.05) is 17.7 Å². The Morgan fingerprint density at radius 2 is 1.94 bits per heavy atom. The number of aromatic nitrogens is 2. The number of nitrogens with zero attached hydrogens (tertiary/aromatic N) is 1. The monoisotopic (exact) mass is 266 g/mol. The zero-order valence-electron chi connectivity index (χ0n) is 9.45. The van der Waals surface area contributed by atoms with Crippen LogP contribution in [0.2, 0.25) is 0 Å². The molecule has 0 bridgehead atoms. The highest BCUT2D eigenvalue weighted by Gasteiger charge is 2.22. The Morgan fingerprint density at radius 3 is 2.50 bits per heavy atom. The summed E-state index contributed by atoms with van der Waals surface area (Å²) in [6.45, 7) is 1.82. The molecule has 2 aromatic rings. The van der Waals surface area contributed by atoms with Crippen LogP contribution >= 0.6 is 0 Å². The van der Waals surface area contributed by atoms with Crippen LogP contribution in [0.5, 0.6) is 0 Å². The van der Waals surface area contributed by atoms with Gasteiger partial charge in [-0.2, -0.15) is 8.42 Å². The van der Waals surface area contributed by atoms with Gasteiger partial charge in [-0.25, -0.2) is 9.78 Å². The number of imidazole rings is 1. The molecule has 18 heavy (non-hydrogen) atoms. The summed E-state index contributed by atoms with van der Waals surface area (Å²) >= 11 is 0. The van der Waals surface area contributed by atoms with E-state index in [0.29, 0.717) is 0 Å². The van der Waals surface area contributed by atoms with Gasteiger partial charge in [0.05, 0.1) is 0 Å². The van der Waals surface area contributed by atoms with Gasteiger partial charge in [0.2, 0.25) is 5.82 Å². The fraction of sp³-hybridized carbons (Fsp3) is 0.0909. The second-order valence-electron chi connectivity index (χ2n) is 3.58. The van der Waals surface area contributed by atoms with Crippen molar-refractivity contribution in [3.8, 4) is 0 Å². The van der Waals surface area contributed by atoms with Gasteiger partial charge in [-0.3, -0.25) is 0 Å². The number of hydrogen-bond acceptors (Lipinski definition) is 5. The lowest BCUT2D eigenvalue weighted by molar-refractivity contribution is 0.0735.